The molecule has 24 heavy (non-hydrogen) atoms. The van der Waals surface area contributed by atoms with Crippen molar-refractivity contribution in [1.82, 2.24) is 0 Å². The Kier molecular flexibility index (Phi) is 5.14. The van der Waals surface area contributed by atoms with Crippen molar-refractivity contribution in [3.05, 3.63) is 53.1 Å². The van der Waals surface area contributed by atoms with E-state index in [9.17, 15) is 13.2 Å². The van der Waals surface area contributed by atoms with Crippen molar-refractivity contribution in [3.8, 4) is 5.75 Å². The van der Waals surface area contributed by atoms with E-state index in [0.29, 0.717) is 11.3 Å². The Hall–Kier alpha value is -2.54. The molecule has 0 heterocycles. The number of benzene rings is 2. The predicted molar refractivity (Wildman–Crippen MR) is 91.1 cm³/mol. The SMILES string of the molecule is COC(=O)c1cc(C)cc(C)c1NS(=O)(=O)c1ccc(OC)cc1. The summed E-state index contributed by atoms with van der Waals surface area (Å²) >= 11 is 0. The van der Waals surface area contributed by atoms with Gasteiger partial charge in [-0.1, -0.05) is 6.07 Å². The monoisotopic (exact) mass is 349 g/mol. The van der Waals surface area contributed by atoms with E-state index in [1.807, 2.05) is 6.92 Å². The van der Waals surface area contributed by atoms with Gasteiger partial charge in [0, 0.05) is 0 Å². The Balaban J connectivity index is 2.47. The Morgan fingerprint density at radius 3 is 2.21 bits per heavy atom. The number of hydrogen-bond donors (Lipinski definition) is 1. The number of methoxy groups -OCH3 is 2. The minimum atomic E-state index is -3.85. The molecule has 2 rings (SSSR count). The topological polar surface area (TPSA) is 81.7 Å². The quantitative estimate of drug-likeness (QED) is 0.840. The molecule has 1 N–H and O–H groups in total. The zero-order chi connectivity index (χ0) is 17.9. The molecule has 0 bridgehead atoms. The number of hydrogen-bond acceptors (Lipinski definition) is 5. The number of ether oxygens (including phenoxy) is 2. The van der Waals surface area contributed by atoms with Crippen molar-refractivity contribution >= 4 is 21.7 Å². The van der Waals surface area contributed by atoms with E-state index in [2.05, 4.69) is 4.72 Å². The van der Waals surface area contributed by atoms with Gasteiger partial charge >= 0.3 is 5.97 Å². The highest BCUT2D eigenvalue weighted by molar-refractivity contribution is 7.92. The van der Waals surface area contributed by atoms with Crippen LogP contribution in [-0.2, 0) is 14.8 Å². The van der Waals surface area contributed by atoms with Gasteiger partial charge in [-0.3, -0.25) is 4.72 Å². The fourth-order valence-electron chi connectivity index (χ4n) is 2.32. The molecule has 0 aromatic heterocycles. The number of carbonyl (C=O) groups is 1. The second kappa shape index (κ2) is 6.92. The lowest BCUT2D eigenvalue weighted by molar-refractivity contribution is 0.0601. The maximum absolute atomic E-state index is 12.6. The Labute approximate surface area is 141 Å². The average Bonchev–Trinajstić information content (AvgIpc) is 2.56. The van der Waals surface area contributed by atoms with E-state index in [1.165, 1.54) is 26.4 Å². The highest BCUT2D eigenvalue weighted by Gasteiger charge is 2.21. The summed E-state index contributed by atoms with van der Waals surface area (Å²) in [5.41, 5.74) is 1.85. The van der Waals surface area contributed by atoms with Crippen molar-refractivity contribution in [3.63, 3.8) is 0 Å². The summed E-state index contributed by atoms with van der Waals surface area (Å²) in [5.74, 6) is -0.0510. The van der Waals surface area contributed by atoms with Gasteiger partial charge in [0.1, 0.15) is 5.75 Å². The molecule has 0 saturated heterocycles. The molecule has 0 amide bonds. The van der Waals surface area contributed by atoms with Crippen LogP contribution in [0.2, 0.25) is 0 Å². The zero-order valence-corrected chi connectivity index (χ0v) is 14.7. The summed E-state index contributed by atoms with van der Waals surface area (Å²) in [6.07, 6.45) is 0. The van der Waals surface area contributed by atoms with Crippen molar-refractivity contribution < 1.29 is 22.7 Å². The maximum atomic E-state index is 12.6. The first kappa shape index (κ1) is 17.8. The molecular weight excluding hydrogens is 330 g/mol. The van der Waals surface area contributed by atoms with E-state index in [4.69, 9.17) is 9.47 Å². The van der Waals surface area contributed by atoms with Crippen LogP contribution >= 0.6 is 0 Å². The molecule has 2 aromatic rings. The van der Waals surface area contributed by atoms with Crippen LogP contribution in [0.3, 0.4) is 0 Å². The van der Waals surface area contributed by atoms with Gasteiger partial charge in [0.15, 0.2) is 0 Å². The van der Waals surface area contributed by atoms with Gasteiger partial charge in [0.25, 0.3) is 10.0 Å². The van der Waals surface area contributed by atoms with Crippen LogP contribution in [0.5, 0.6) is 5.75 Å². The number of carbonyl (C=O) groups excluding carboxylic acids is 1. The van der Waals surface area contributed by atoms with Crippen LogP contribution in [-0.4, -0.2) is 28.6 Å². The van der Waals surface area contributed by atoms with Gasteiger partial charge in [-0.25, -0.2) is 13.2 Å². The first-order valence-electron chi connectivity index (χ1n) is 7.15. The van der Waals surface area contributed by atoms with Crippen LogP contribution in [0.4, 0.5) is 5.69 Å². The summed E-state index contributed by atoms with van der Waals surface area (Å²) in [6, 6.07) is 9.35. The van der Waals surface area contributed by atoms with Crippen LogP contribution in [0, 0.1) is 13.8 Å². The van der Waals surface area contributed by atoms with Gasteiger partial charge in [-0.15, -0.1) is 0 Å². The Morgan fingerprint density at radius 2 is 1.67 bits per heavy atom. The third kappa shape index (κ3) is 3.68. The summed E-state index contributed by atoms with van der Waals surface area (Å²) < 4.78 is 37.4. The van der Waals surface area contributed by atoms with E-state index >= 15 is 0 Å². The number of sulfonamides is 1. The molecule has 7 heteroatoms. The molecule has 0 aliphatic carbocycles. The third-order valence-corrected chi connectivity index (χ3v) is 4.86. The molecule has 0 atom stereocenters. The summed E-state index contributed by atoms with van der Waals surface area (Å²) in [6.45, 7) is 3.55. The third-order valence-electron chi connectivity index (χ3n) is 3.49. The zero-order valence-electron chi connectivity index (χ0n) is 13.9. The molecule has 0 spiro atoms. The van der Waals surface area contributed by atoms with Crippen molar-refractivity contribution in [2.45, 2.75) is 18.7 Å². The molecule has 128 valence electrons. The van der Waals surface area contributed by atoms with Crippen molar-refractivity contribution in [2.24, 2.45) is 0 Å². The molecular formula is C17H19NO5S. The number of anilines is 1. The summed E-state index contributed by atoms with van der Waals surface area (Å²) in [5, 5.41) is 0. The standard InChI is InChI=1S/C17H19NO5S/c1-11-9-12(2)16(15(10-11)17(19)23-4)18-24(20,21)14-7-5-13(22-3)6-8-14/h5-10,18H,1-4H3. The van der Waals surface area contributed by atoms with Crippen LogP contribution in [0.15, 0.2) is 41.3 Å². The van der Waals surface area contributed by atoms with Crippen LogP contribution in [0.25, 0.3) is 0 Å². The molecule has 0 unspecified atom stereocenters. The van der Waals surface area contributed by atoms with Gasteiger partial charge in [0.2, 0.25) is 0 Å². The Bertz CT molecular complexity index is 857. The smallest absolute Gasteiger partial charge is 0.340 e. The highest BCUT2D eigenvalue weighted by Crippen LogP contribution is 2.27. The molecule has 0 radical (unpaired) electrons. The molecule has 0 aliphatic heterocycles. The van der Waals surface area contributed by atoms with Crippen molar-refractivity contribution in [2.75, 3.05) is 18.9 Å². The second-order valence-corrected chi connectivity index (χ2v) is 6.96. The van der Waals surface area contributed by atoms with Crippen molar-refractivity contribution in [1.29, 1.82) is 0 Å². The van der Waals surface area contributed by atoms with E-state index in [-0.39, 0.29) is 16.1 Å². The number of nitrogens with one attached hydrogen (secondary N) is 1. The molecule has 2 aromatic carbocycles. The molecule has 0 aliphatic rings. The number of esters is 1. The highest BCUT2D eigenvalue weighted by atomic mass is 32.2. The first-order valence-corrected chi connectivity index (χ1v) is 8.63. The van der Waals surface area contributed by atoms with Crippen LogP contribution in [0.1, 0.15) is 21.5 Å². The van der Waals surface area contributed by atoms with Gasteiger partial charge in [-0.2, -0.15) is 0 Å². The van der Waals surface area contributed by atoms with E-state index < -0.39 is 16.0 Å². The molecule has 6 nitrogen and oxygen atoms in total. The van der Waals surface area contributed by atoms with E-state index in [1.54, 1.807) is 31.2 Å². The lowest BCUT2D eigenvalue weighted by Gasteiger charge is -2.15. The number of rotatable bonds is 5. The minimum Gasteiger partial charge on any atom is -0.497 e. The number of aryl methyl sites for hydroxylation is 2. The fourth-order valence-corrected chi connectivity index (χ4v) is 3.47. The maximum Gasteiger partial charge on any atom is 0.340 e. The molecule has 0 fully saturated rings. The summed E-state index contributed by atoms with van der Waals surface area (Å²) in [7, 11) is -1.10. The largest absolute Gasteiger partial charge is 0.497 e. The van der Waals surface area contributed by atoms with Gasteiger partial charge in [0.05, 0.1) is 30.4 Å². The molecule has 0 saturated carbocycles. The first-order chi connectivity index (χ1) is 11.3. The summed E-state index contributed by atoms with van der Waals surface area (Å²) in [4.78, 5) is 12.0. The average molecular weight is 349 g/mol. The lowest BCUT2D eigenvalue weighted by Crippen LogP contribution is -2.17. The van der Waals surface area contributed by atoms with Gasteiger partial charge < -0.3 is 9.47 Å². The fraction of sp³-hybridized carbons (Fsp3) is 0.235. The minimum absolute atomic E-state index is 0.0686. The predicted octanol–water partition coefficient (Wildman–Crippen LogP) is 2.90. The normalized spacial score (nSPS) is 11.0. The van der Waals surface area contributed by atoms with Crippen LogP contribution < -0.4 is 9.46 Å². The Morgan fingerprint density at radius 1 is 1.04 bits per heavy atom. The van der Waals surface area contributed by atoms with Gasteiger partial charge in [-0.05, 0) is 55.3 Å². The van der Waals surface area contributed by atoms with E-state index in [0.717, 1.165) is 5.56 Å². The lowest BCUT2D eigenvalue weighted by atomic mass is 10.0. The second-order valence-electron chi connectivity index (χ2n) is 5.28.